The van der Waals surface area contributed by atoms with Crippen molar-refractivity contribution in [2.75, 3.05) is 9.80 Å². The number of hydrogen-bond acceptors (Lipinski definition) is 5. The van der Waals surface area contributed by atoms with E-state index in [0.717, 1.165) is 106 Å². The number of benzene rings is 9. The number of aromatic nitrogens is 2. The molecule has 9 aromatic carbocycles. The van der Waals surface area contributed by atoms with Crippen molar-refractivity contribution in [3.8, 4) is 44.5 Å². The van der Waals surface area contributed by atoms with E-state index in [-0.39, 0.29) is 10.8 Å². The van der Waals surface area contributed by atoms with E-state index in [9.17, 15) is 0 Å². The van der Waals surface area contributed by atoms with Gasteiger partial charge in [0.1, 0.15) is 22.8 Å². The molecule has 0 aliphatic heterocycles. The van der Waals surface area contributed by atoms with E-state index < -0.39 is 5.41 Å². The van der Waals surface area contributed by atoms with E-state index in [1.54, 1.807) is 0 Å². The van der Waals surface area contributed by atoms with Crippen molar-refractivity contribution in [3.63, 3.8) is 0 Å². The van der Waals surface area contributed by atoms with Crippen molar-refractivity contribution < 1.29 is 4.42 Å². The fourth-order valence-electron chi connectivity index (χ4n) is 12.9. The predicted octanol–water partition coefficient (Wildman–Crippen LogP) is 20.2. The maximum Gasteiger partial charge on any atom is 0.145 e. The van der Waals surface area contributed by atoms with Crippen molar-refractivity contribution in [3.05, 3.63) is 275 Å². The summed E-state index contributed by atoms with van der Waals surface area (Å²) in [6.45, 7) is 17.9. The Bertz CT molecular complexity index is 4340. The summed E-state index contributed by atoms with van der Waals surface area (Å²) in [5.74, 6) is 1.70. The van der Waals surface area contributed by atoms with Gasteiger partial charge in [-0.3, -0.25) is 9.80 Å². The van der Waals surface area contributed by atoms with E-state index >= 15 is 0 Å². The SMILES string of the molecule is Cc1cnc(N(c2ccc(C(C)(C)C)cc2)c2ccc3c(c2)C2(c4ccccc4-c4ccccc42)c2cc(N(c4ccc(C(C)(C)C)cc4)c4ncc(C)cc4-c4ccccc4)c4c(oc5ccccc54)c2-3)c(-c2ccccc2)c1. The Balaban J connectivity index is 1.11. The van der Waals surface area contributed by atoms with E-state index in [2.05, 4.69) is 284 Å². The van der Waals surface area contributed by atoms with Gasteiger partial charge in [-0.05, 0) is 158 Å². The highest BCUT2D eigenvalue weighted by molar-refractivity contribution is 6.20. The number of fused-ring (bicyclic) bond motifs is 14. The van der Waals surface area contributed by atoms with E-state index in [0.29, 0.717) is 0 Å². The Morgan fingerprint density at radius 3 is 1.43 bits per heavy atom. The van der Waals surface area contributed by atoms with Crippen LogP contribution in [0.3, 0.4) is 0 Å². The van der Waals surface area contributed by atoms with Crippen LogP contribution in [-0.4, -0.2) is 9.97 Å². The zero-order valence-corrected chi connectivity index (χ0v) is 46.6. The van der Waals surface area contributed by atoms with E-state index in [4.69, 9.17) is 14.4 Å². The molecule has 80 heavy (non-hydrogen) atoms. The van der Waals surface area contributed by atoms with Crippen LogP contribution in [0.2, 0.25) is 0 Å². The first-order chi connectivity index (χ1) is 38.8. The maximum absolute atomic E-state index is 7.45. The van der Waals surface area contributed by atoms with Crippen molar-refractivity contribution in [2.24, 2.45) is 0 Å². The second-order valence-corrected chi connectivity index (χ2v) is 24.0. The Labute approximate surface area is 469 Å². The van der Waals surface area contributed by atoms with Crippen LogP contribution in [-0.2, 0) is 16.2 Å². The topological polar surface area (TPSA) is 45.4 Å². The molecule has 12 aromatic rings. The summed E-state index contributed by atoms with van der Waals surface area (Å²) in [6.07, 6.45) is 4.01. The van der Waals surface area contributed by atoms with Crippen molar-refractivity contribution in [1.82, 2.24) is 9.97 Å². The van der Waals surface area contributed by atoms with Crippen LogP contribution in [0.15, 0.2) is 235 Å². The van der Waals surface area contributed by atoms with Gasteiger partial charge in [-0.15, -0.1) is 0 Å². The van der Waals surface area contributed by atoms with Crippen LogP contribution in [0.25, 0.3) is 66.4 Å². The molecule has 14 rings (SSSR count). The summed E-state index contributed by atoms with van der Waals surface area (Å²) in [5.41, 5.74) is 23.3. The highest BCUT2D eigenvalue weighted by Crippen LogP contribution is 2.66. The lowest BCUT2D eigenvalue weighted by atomic mass is 9.70. The molecule has 0 N–H and O–H groups in total. The monoisotopic (exact) mass is 1030 g/mol. The Hall–Kier alpha value is -9.32. The van der Waals surface area contributed by atoms with E-state index in [1.165, 1.54) is 38.9 Å². The predicted molar refractivity (Wildman–Crippen MR) is 333 cm³/mol. The molecule has 2 aliphatic rings. The number of pyridine rings is 2. The van der Waals surface area contributed by atoms with Crippen LogP contribution < -0.4 is 9.80 Å². The smallest absolute Gasteiger partial charge is 0.145 e. The number of furan rings is 1. The number of rotatable bonds is 8. The fraction of sp³-hybridized carbons (Fsp3) is 0.147. The molecule has 5 nitrogen and oxygen atoms in total. The Morgan fingerprint density at radius 2 is 0.875 bits per heavy atom. The molecule has 0 radical (unpaired) electrons. The molecule has 5 heteroatoms. The summed E-state index contributed by atoms with van der Waals surface area (Å²) in [6, 6.07) is 80.5. The minimum atomic E-state index is -0.786. The highest BCUT2D eigenvalue weighted by atomic mass is 16.3. The molecule has 1 spiro atoms. The minimum Gasteiger partial charge on any atom is -0.455 e. The molecule has 0 atom stereocenters. The van der Waals surface area contributed by atoms with Gasteiger partial charge in [-0.2, -0.15) is 0 Å². The lowest BCUT2D eigenvalue weighted by Crippen LogP contribution is -2.27. The molecular weight excluding hydrogens is 973 g/mol. The lowest BCUT2D eigenvalue weighted by molar-refractivity contribution is 0.590. The van der Waals surface area contributed by atoms with Crippen molar-refractivity contribution in [2.45, 2.75) is 71.6 Å². The first-order valence-corrected chi connectivity index (χ1v) is 28.0. The molecular formula is C75H62N4O. The quantitative estimate of drug-likeness (QED) is 0.152. The van der Waals surface area contributed by atoms with Crippen LogP contribution in [0.5, 0.6) is 0 Å². The lowest BCUT2D eigenvalue weighted by Gasteiger charge is -2.34. The van der Waals surface area contributed by atoms with Crippen LogP contribution in [0, 0.1) is 13.8 Å². The summed E-state index contributed by atoms with van der Waals surface area (Å²) < 4.78 is 7.45. The molecule has 3 aromatic heterocycles. The number of nitrogens with zero attached hydrogens (tertiary/aromatic N) is 4. The largest absolute Gasteiger partial charge is 0.455 e. The molecule has 0 saturated carbocycles. The molecule has 3 heterocycles. The summed E-state index contributed by atoms with van der Waals surface area (Å²) >= 11 is 0. The average molecular weight is 1040 g/mol. The van der Waals surface area contributed by atoms with Gasteiger partial charge in [0.25, 0.3) is 0 Å². The van der Waals surface area contributed by atoms with Gasteiger partial charge in [0.2, 0.25) is 0 Å². The number of hydrogen-bond donors (Lipinski definition) is 0. The molecule has 0 unspecified atom stereocenters. The number of aryl methyl sites for hydroxylation is 2. The minimum absolute atomic E-state index is 0.0272. The standard InChI is InChI=1S/C75H62N4O/c1-47-41-60(49-21-11-9-12-22-49)71(76-45-47)78(53-35-31-51(32-36-53)73(3,4)5)55-39-40-58-64(43-55)75(62-28-18-15-25-56(62)57-26-16-19-29-63(57)75)65-44-66(69-59-27-17-20-30-67(59)80-70(69)68(58)65)79(54-37-33-52(34-38-54)74(6,7)8)72-61(42-48(2)46-77-72)50-23-13-10-14-24-50/h9-46H,1-8H3. The maximum atomic E-state index is 7.45. The second kappa shape index (κ2) is 18.4. The van der Waals surface area contributed by atoms with Gasteiger partial charge >= 0.3 is 0 Å². The Kier molecular flexibility index (Phi) is 11.3. The molecule has 388 valence electrons. The Morgan fingerprint density at radius 1 is 0.400 bits per heavy atom. The molecule has 0 bridgehead atoms. The molecule has 0 fully saturated rings. The first-order valence-electron chi connectivity index (χ1n) is 28.0. The molecule has 0 saturated heterocycles. The number of anilines is 6. The van der Waals surface area contributed by atoms with Gasteiger partial charge in [0.05, 0.1) is 16.5 Å². The zero-order valence-electron chi connectivity index (χ0n) is 46.6. The summed E-state index contributed by atoms with van der Waals surface area (Å²) in [5, 5.41) is 2.07. The molecule has 0 amide bonds. The molecule has 2 aliphatic carbocycles. The highest BCUT2D eigenvalue weighted by Gasteiger charge is 2.53. The fourth-order valence-corrected chi connectivity index (χ4v) is 12.9. The van der Waals surface area contributed by atoms with Crippen molar-refractivity contribution >= 4 is 56.3 Å². The van der Waals surface area contributed by atoms with Gasteiger partial charge in [-0.25, -0.2) is 9.97 Å². The van der Waals surface area contributed by atoms with Gasteiger partial charge in [0.15, 0.2) is 0 Å². The van der Waals surface area contributed by atoms with Gasteiger partial charge < -0.3 is 4.42 Å². The van der Waals surface area contributed by atoms with E-state index in [1.807, 2.05) is 12.4 Å². The summed E-state index contributed by atoms with van der Waals surface area (Å²) in [4.78, 5) is 15.6. The van der Waals surface area contributed by atoms with Crippen LogP contribution in [0.1, 0.15) is 86.1 Å². The van der Waals surface area contributed by atoms with Gasteiger partial charge in [0, 0.05) is 51.5 Å². The van der Waals surface area contributed by atoms with Crippen molar-refractivity contribution in [1.29, 1.82) is 0 Å². The third-order valence-corrected chi connectivity index (χ3v) is 16.7. The normalized spacial score (nSPS) is 13.1. The zero-order chi connectivity index (χ0) is 54.7. The number of para-hydroxylation sites is 1. The second-order valence-electron chi connectivity index (χ2n) is 24.0. The third-order valence-electron chi connectivity index (χ3n) is 16.7. The summed E-state index contributed by atoms with van der Waals surface area (Å²) in [7, 11) is 0. The van der Waals surface area contributed by atoms with Crippen LogP contribution >= 0.6 is 0 Å². The third kappa shape index (κ3) is 7.66. The average Bonchev–Trinajstić information content (AvgIpc) is 4.21. The first kappa shape index (κ1) is 49.0. The van der Waals surface area contributed by atoms with Gasteiger partial charge in [-0.1, -0.05) is 199 Å². The van der Waals surface area contributed by atoms with Crippen LogP contribution in [0.4, 0.5) is 34.4 Å².